The molecule has 4 nitrogen and oxygen atoms in total. The van der Waals surface area contributed by atoms with E-state index in [1.165, 1.54) is 11.8 Å². The Bertz CT molecular complexity index is 870. The standard InChI is InChI=1S/C17H13ClN2O2S/c1-23-16-13(6-4-8-19-16)17(21)22-10-12-9-11-5-2-3-7-14(11)20-15(12)18/h2-9H,10H2,1H3. The van der Waals surface area contributed by atoms with Crippen molar-refractivity contribution in [3.8, 4) is 0 Å². The lowest BCUT2D eigenvalue weighted by Gasteiger charge is -2.09. The number of carbonyl (C=O) groups is 1. The van der Waals surface area contributed by atoms with Crippen molar-refractivity contribution < 1.29 is 9.53 Å². The molecule has 0 aliphatic heterocycles. The average Bonchev–Trinajstić information content (AvgIpc) is 2.59. The van der Waals surface area contributed by atoms with E-state index in [4.69, 9.17) is 16.3 Å². The minimum Gasteiger partial charge on any atom is -0.457 e. The number of halogens is 1. The summed E-state index contributed by atoms with van der Waals surface area (Å²) in [4.78, 5) is 20.7. The van der Waals surface area contributed by atoms with E-state index in [1.807, 2.05) is 36.6 Å². The van der Waals surface area contributed by atoms with Gasteiger partial charge < -0.3 is 4.74 Å². The Labute approximate surface area is 142 Å². The van der Waals surface area contributed by atoms with Crippen molar-refractivity contribution in [1.29, 1.82) is 0 Å². The zero-order valence-corrected chi connectivity index (χ0v) is 13.9. The quantitative estimate of drug-likeness (QED) is 0.400. The lowest BCUT2D eigenvalue weighted by atomic mass is 10.2. The van der Waals surface area contributed by atoms with Crippen molar-refractivity contribution in [3.63, 3.8) is 0 Å². The van der Waals surface area contributed by atoms with Gasteiger partial charge in [-0.05, 0) is 30.5 Å². The number of benzene rings is 1. The molecule has 0 aliphatic carbocycles. The number of aromatic nitrogens is 2. The molecule has 0 saturated carbocycles. The van der Waals surface area contributed by atoms with E-state index in [-0.39, 0.29) is 6.61 Å². The maximum atomic E-state index is 12.2. The van der Waals surface area contributed by atoms with Gasteiger partial charge in [0.2, 0.25) is 0 Å². The van der Waals surface area contributed by atoms with Gasteiger partial charge in [0.25, 0.3) is 0 Å². The van der Waals surface area contributed by atoms with Crippen LogP contribution in [0.15, 0.2) is 53.7 Å². The van der Waals surface area contributed by atoms with Crippen molar-refractivity contribution in [2.24, 2.45) is 0 Å². The lowest BCUT2D eigenvalue weighted by Crippen LogP contribution is -2.08. The topological polar surface area (TPSA) is 52.1 Å². The molecule has 1 aromatic carbocycles. The van der Waals surface area contributed by atoms with E-state index >= 15 is 0 Å². The van der Waals surface area contributed by atoms with Crippen LogP contribution < -0.4 is 0 Å². The number of rotatable bonds is 4. The molecule has 0 aliphatic rings. The molecule has 0 fully saturated rings. The summed E-state index contributed by atoms with van der Waals surface area (Å²) in [6, 6.07) is 12.9. The van der Waals surface area contributed by atoms with Crippen LogP contribution in [0.1, 0.15) is 15.9 Å². The van der Waals surface area contributed by atoms with E-state index in [0.717, 1.165) is 10.9 Å². The summed E-state index contributed by atoms with van der Waals surface area (Å²) in [6.07, 6.45) is 3.51. The highest BCUT2D eigenvalue weighted by molar-refractivity contribution is 7.98. The van der Waals surface area contributed by atoms with Crippen molar-refractivity contribution in [3.05, 3.63) is 64.9 Å². The van der Waals surface area contributed by atoms with Crippen molar-refractivity contribution in [1.82, 2.24) is 9.97 Å². The summed E-state index contributed by atoms with van der Waals surface area (Å²) < 4.78 is 5.37. The molecule has 2 heterocycles. The van der Waals surface area contributed by atoms with Crippen LogP contribution in [0.25, 0.3) is 10.9 Å². The second kappa shape index (κ2) is 6.98. The molecule has 0 saturated heterocycles. The molecule has 23 heavy (non-hydrogen) atoms. The van der Waals surface area contributed by atoms with E-state index in [1.54, 1.807) is 18.3 Å². The van der Waals surface area contributed by atoms with Gasteiger partial charge in [-0.15, -0.1) is 11.8 Å². The van der Waals surface area contributed by atoms with Gasteiger partial charge in [-0.3, -0.25) is 0 Å². The first-order chi connectivity index (χ1) is 11.2. The number of thioether (sulfide) groups is 1. The van der Waals surface area contributed by atoms with Crippen molar-refractivity contribution >= 4 is 40.2 Å². The zero-order valence-electron chi connectivity index (χ0n) is 12.3. The Kier molecular flexibility index (Phi) is 4.79. The maximum absolute atomic E-state index is 12.2. The third-order valence-electron chi connectivity index (χ3n) is 3.29. The smallest absolute Gasteiger partial charge is 0.341 e. The molecule has 3 rings (SSSR count). The van der Waals surface area contributed by atoms with Crippen LogP contribution in [0.3, 0.4) is 0 Å². The molecule has 0 N–H and O–H groups in total. The molecule has 3 aromatic rings. The van der Waals surface area contributed by atoms with Gasteiger partial charge in [0.05, 0.1) is 11.1 Å². The first-order valence-electron chi connectivity index (χ1n) is 6.89. The SMILES string of the molecule is CSc1ncccc1C(=O)OCc1cc2ccccc2nc1Cl. The Morgan fingerprint density at radius 1 is 1.26 bits per heavy atom. The molecule has 116 valence electrons. The second-order valence-electron chi connectivity index (χ2n) is 4.77. The fourth-order valence-corrected chi connectivity index (χ4v) is 2.91. The van der Waals surface area contributed by atoms with Gasteiger partial charge in [-0.25, -0.2) is 14.8 Å². The molecule has 0 amide bonds. The summed E-state index contributed by atoms with van der Waals surface area (Å²) in [5, 5.41) is 1.93. The minimum atomic E-state index is -0.424. The van der Waals surface area contributed by atoms with Crippen LogP contribution in [0.4, 0.5) is 0 Å². The molecular weight excluding hydrogens is 332 g/mol. The predicted molar refractivity (Wildman–Crippen MR) is 91.9 cm³/mol. The predicted octanol–water partition coefficient (Wildman–Crippen LogP) is 4.36. The molecule has 0 unspecified atom stereocenters. The zero-order chi connectivity index (χ0) is 16.2. The normalized spacial score (nSPS) is 10.7. The number of fused-ring (bicyclic) bond motifs is 1. The molecule has 0 radical (unpaired) electrons. The van der Waals surface area contributed by atoms with Gasteiger partial charge in [0.1, 0.15) is 16.8 Å². The maximum Gasteiger partial charge on any atom is 0.341 e. The van der Waals surface area contributed by atoms with Gasteiger partial charge >= 0.3 is 5.97 Å². The molecular formula is C17H13ClN2O2S. The Morgan fingerprint density at radius 2 is 2.09 bits per heavy atom. The Morgan fingerprint density at radius 3 is 2.91 bits per heavy atom. The van der Waals surface area contributed by atoms with Gasteiger partial charge in [-0.2, -0.15) is 0 Å². The van der Waals surface area contributed by atoms with E-state index in [2.05, 4.69) is 9.97 Å². The average molecular weight is 345 g/mol. The lowest BCUT2D eigenvalue weighted by molar-refractivity contribution is 0.0467. The number of nitrogens with zero attached hydrogens (tertiary/aromatic N) is 2. The fourth-order valence-electron chi connectivity index (χ4n) is 2.17. The monoisotopic (exact) mass is 344 g/mol. The van der Waals surface area contributed by atoms with Gasteiger partial charge in [-0.1, -0.05) is 29.8 Å². The number of esters is 1. The number of pyridine rings is 2. The fraction of sp³-hybridized carbons (Fsp3) is 0.118. The first-order valence-corrected chi connectivity index (χ1v) is 8.49. The van der Waals surface area contributed by atoms with Crippen LogP contribution in [-0.4, -0.2) is 22.2 Å². The third kappa shape index (κ3) is 3.46. The summed E-state index contributed by atoms with van der Waals surface area (Å²) in [6.45, 7) is 0.0677. The molecule has 0 spiro atoms. The number of ether oxygens (including phenoxy) is 1. The molecule has 2 aromatic heterocycles. The summed E-state index contributed by atoms with van der Waals surface area (Å²) in [7, 11) is 0. The number of para-hydroxylation sites is 1. The third-order valence-corrected chi connectivity index (χ3v) is 4.33. The Hall–Kier alpha value is -2.11. The van der Waals surface area contributed by atoms with Crippen molar-refractivity contribution in [2.45, 2.75) is 11.6 Å². The van der Waals surface area contributed by atoms with Crippen LogP contribution in [0.2, 0.25) is 5.15 Å². The van der Waals surface area contributed by atoms with Gasteiger partial charge in [0, 0.05) is 17.1 Å². The van der Waals surface area contributed by atoms with E-state index in [9.17, 15) is 4.79 Å². The molecule has 6 heteroatoms. The number of hydrogen-bond acceptors (Lipinski definition) is 5. The van der Waals surface area contributed by atoms with E-state index < -0.39 is 5.97 Å². The molecule has 0 atom stereocenters. The van der Waals surface area contributed by atoms with E-state index in [0.29, 0.717) is 21.3 Å². The van der Waals surface area contributed by atoms with Crippen LogP contribution >= 0.6 is 23.4 Å². The van der Waals surface area contributed by atoms with Gasteiger partial charge in [0.15, 0.2) is 0 Å². The number of carbonyl (C=O) groups excluding carboxylic acids is 1. The summed E-state index contributed by atoms with van der Waals surface area (Å²) in [5.41, 5.74) is 1.93. The second-order valence-corrected chi connectivity index (χ2v) is 5.92. The highest BCUT2D eigenvalue weighted by Gasteiger charge is 2.14. The summed E-state index contributed by atoms with van der Waals surface area (Å²) >= 11 is 7.57. The molecule has 0 bridgehead atoms. The number of hydrogen-bond donors (Lipinski definition) is 0. The highest BCUT2D eigenvalue weighted by Crippen LogP contribution is 2.22. The largest absolute Gasteiger partial charge is 0.457 e. The minimum absolute atomic E-state index is 0.0677. The first kappa shape index (κ1) is 15.8. The van der Waals surface area contributed by atoms with Crippen LogP contribution in [0, 0.1) is 0 Å². The summed E-state index contributed by atoms with van der Waals surface area (Å²) in [5.74, 6) is -0.424. The highest BCUT2D eigenvalue weighted by atomic mass is 35.5. The van der Waals surface area contributed by atoms with Crippen molar-refractivity contribution in [2.75, 3.05) is 6.26 Å². The van der Waals surface area contributed by atoms with Crippen LogP contribution in [0.5, 0.6) is 0 Å². The Balaban J connectivity index is 1.80. The van der Waals surface area contributed by atoms with Crippen LogP contribution in [-0.2, 0) is 11.3 Å².